The van der Waals surface area contributed by atoms with Gasteiger partial charge in [0.05, 0.1) is 30.1 Å². The quantitative estimate of drug-likeness (QED) is 0.623. The van der Waals surface area contributed by atoms with Crippen LogP contribution in [-0.4, -0.2) is 25.4 Å². The van der Waals surface area contributed by atoms with Gasteiger partial charge in [-0.1, -0.05) is 29.8 Å². The van der Waals surface area contributed by atoms with Gasteiger partial charge in [0.15, 0.2) is 4.80 Å². The summed E-state index contributed by atoms with van der Waals surface area (Å²) < 4.78 is 12.7. The van der Waals surface area contributed by atoms with E-state index in [0.29, 0.717) is 23.9 Å². The van der Waals surface area contributed by atoms with Gasteiger partial charge in [-0.3, -0.25) is 0 Å². The van der Waals surface area contributed by atoms with Crippen molar-refractivity contribution in [2.75, 3.05) is 20.8 Å². The molecule has 0 N–H and O–H groups in total. The van der Waals surface area contributed by atoms with Gasteiger partial charge in [0.2, 0.25) is 0 Å². The standard InChI is InChI=1S/C19H19ClN2O2S/c1-23-11-10-22-17(14-8-9-18(24-2)16(20)12-14)13-25-19(22)21-15-6-4-3-5-7-15/h3-9,12-13H,10-11H2,1-2H3. The molecule has 0 aliphatic heterocycles. The summed E-state index contributed by atoms with van der Waals surface area (Å²) in [5.74, 6) is 0.665. The molecule has 0 saturated carbocycles. The summed E-state index contributed by atoms with van der Waals surface area (Å²) >= 11 is 7.89. The zero-order valence-electron chi connectivity index (χ0n) is 14.1. The van der Waals surface area contributed by atoms with E-state index >= 15 is 0 Å². The number of nitrogens with zero attached hydrogens (tertiary/aromatic N) is 2. The first-order valence-electron chi connectivity index (χ1n) is 7.84. The van der Waals surface area contributed by atoms with E-state index in [2.05, 4.69) is 9.95 Å². The first-order valence-corrected chi connectivity index (χ1v) is 9.09. The van der Waals surface area contributed by atoms with Crippen LogP contribution in [0.4, 0.5) is 5.69 Å². The molecular weight excluding hydrogens is 356 g/mol. The highest BCUT2D eigenvalue weighted by Crippen LogP contribution is 2.30. The Balaban J connectivity index is 2.08. The molecule has 3 rings (SSSR count). The minimum atomic E-state index is 0.589. The average molecular weight is 375 g/mol. The minimum absolute atomic E-state index is 0.589. The highest BCUT2D eigenvalue weighted by molar-refractivity contribution is 7.07. The lowest BCUT2D eigenvalue weighted by Crippen LogP contribution is -2.18. The van der Waals surface area contributed by atoms with Crippen LogP contribution in [0, 0.1) is 0 Å². The van der Waals surface area contributed by atoms with Gasteiger partial charge in [0, 0.05) is 24.6 Å². The van der Waals surface area contributed by atoms with Crippen LogP contribution in [0.1, 0.15) is 0 Å². The smallest absolute Gasteiger partial charge is 0.190 e. The van der Waals surface area contributed by atoms with Crippen molar-refractivity contribution in [2.45, 2.75) is 6.54 Å². The number of benzene rings is 2. The van der Waals surface area contributed by atoms with E-state index < -0.39 is 0 Å². The number of thiazole rings is 1. The van der Waals surface area contributed by atoms with Crippen molar-refractivity contribution in [1.29, 1.82) is 0 Å². The molecule has 130 valence electrons. The van der Waals surface area contributed by atoms with E-state index in [1.54, 1.807) is 25.6 Å². The lowest BCUT2D eigenvalue weighted by molar-refractivity contribution is 0.187. The number of rotatable bonds is 6. The molecule has 2 aromatic carbocycles. The Hall–Kier alpha value is -2.08. The van der Waals surface area contributed by atoms with E-state index in [9.17, 15) is 0 Å². The van der Waals surface area contributed by atoms with Crippen molar-refractivity contribution in [3.05, 3.63) is 63.7 Å². The molecule has 0 bridgehead atoms. The van der Waals surface area contributed by atoms with Crippen LogP contribution in [0.15, 0.2) is 58.9 Å². The van der Waals surface area contributed by atoms with E-state index in [1.165, 1.54) is 0 Å². The number of hydrogen-bond donors (Lipinski definition) is 0. The van der Waals surface area contributed by atoms with Gasteiger partial charge < -0.3 is 14.0 Å². The van der Waals surface area contributed by atoms with Crippen molar-refractivity contribution in [2.24, 2.45) is 4.99 Å². The predicted molar refractivity (Wildman–Crippen MR) is 103 cm³/mol. The zero-order valence-corrected chi connectivity index (χ0v) is 15.7. The molecule has 0 amide bonds. The molecule has 4 nitrogen and oxygen atoms in total. The Morgan fingerprint density at radius 2 is 1.92 bits per heavy atom. The summed E-state index contributed by atoms with van der Waals surface area (Å²) in [5, 5.41) is 2.68. The molecule has 1 heterocycles. The topological polar surface area (TPSA) is 35.8 Å². The maximum Gasteiger partial charge on any atom is 0.190 e. The molecule has 3 aromatic rings. The maximum atomic E-state index is 6.29. The lowest BCUT2D eigenvalue weighted by Gasteiger charge is -2.10. The lowest BCUT2D eigenvalue weighted by atomic mass is 10.1. The van der Waals surface area contributed by atoms with E-state index in [-0.39, 0.29) is 0 Å². The van der Waals surface area contributed by atoms with Gasteiger partial charge in [0.25, 0.3) is 0 Å². The van der Waals surface area contributed by atoms with Crippen molar-refractivity contribution in [3.8, 4) is 17.0 Å². The van der Waals surface area contributed by atoms with E-state index in [4.69, 9.17) is 26.1 Å². The Kier molecular flexibility index (Phi) is 5.91. The van der Waals surface area contributed by atoms with Gasteiger partial charge in [-0.15, -0.1) is 11.3 Å². The van der Waals surface area contributed by atoms with Gasteiger partial charge in [-0.2, -0.15) is 0 Å². The van der Waals surface area contributed by atoms with Crippen LogP contribution in [-0.2, 0) is 11.3 Å². The summed E-state index contributed by atoms with van der Waals surface area (Å²) in [6.45, 7) is 1.32. The zero-order chi connectivity index (χ0) is 17.6. The van der Waals surface area contributed by atoms with Crippen LogP contribution < -0.4 is 9.54 Å². The average Bonchev–Trinajstić information content (AvgIpc) is 3.03. The largest absolute Gasteiger partial charge is 0.495 e. The number of methoxy groups -OCH3 is 2. The maximum absolute atomic E-state index is 6.29. The van der Waals surface area contributed by atoms with Gasteiger partial charge in [-0.25, -0.2) is 4.99 Å². The van der Waals surface area contributed by atoms with Crippen LogP contribution in [0.25, 0.3) is 11.3 Å². The molecule has 1 aromatic heterocycles. The van der Waals surface area contributed by atoms with Gasteiger partial charge in [-0.05, 0) is 30.3 Å². The second-order valence-corrected chi connectivity index (χ2v) is 6.59. The third-order valence-corrected chi connectivity index (χ3v) is 4.90. The number of aromatic nitrogens is 1. The molecule has 0 spiro atoms. The molecule has 0 atom stereocenters. The molecule has 6 heteroatoms. The Labute approximate surface area is 156 Å². The fourth-order valence-electron chi connectivity index (χ4n) is 2.49. The minimum Gasteiger partial charge on any atom is -0.495 e. The molecule has 25 heavy (non-hydrogen) atoms. The second kappa shape index (κ2) is 8.34. The summed E-state index contributed by atoms with van der Waals surface area (Å²) in [6.07, 6.45) is 0. The molecular formula is C19H19ClN2O2S. The van der Waals surface area contributed by atoms with Crippen LogP contribution in [0.5, 0.6) is 5.75 Å². The third-order valence-electron chi connectivity index (χ3n) is 3.75. The van der Waals surface area contributed by atoms with Crippen LogP contribution in [0.2, 0.25) is 5.02 Å². The number of halogens is 1. The number of hydrogen-bond acceptors (Lipinski definition) is 4. The summed E-state index contributed by atoms with van der Waals surface area (Å²) in [4.78, 5) is 5.69. The van der Waals surface area contributed by atoms with Crippen molar-refractivity contribution < 1.29 is 9.47 Å². The summed E-state index contributed by atoms with van der Waals surface area (Å²) in [7, 11) is 3.31. The van der Waals surface area contributed by atoms with E-state index in [0.717, 1.165) is 21.7 Å². The van der Waals surface area contributed by atoms with Crippen LogP contribution in [0.3, 0.4) is 0 Å². The normalized spacial score (nSPS) is 11.7. The molecule has 0 fully saturated rings. The first kappa shape index (κ1) is 17.7. The van der Waals surface area contributed by atoms with Crippen LogP contribution >= 0.6 is 22.9 Å². The monoisotopic (exact) mass is 374 g/mol. The number of para-hydroxylation sites is 1. The Morgan fingerprint density at radius 3 is 2.60 bits per heavy atom. The molecule has 0 aliphatic carbocycles. The Bertz CT molecular complexity index is 903. The summed E-state index contributed by atoms with van der Waals surface area (Å²) in [5.41, 5.74) is 3.00. The van der Waals surface area contributed by atoms with Crippen molar-refractivity contribution in [3.63, 3.8) is 0 Å². The van der Waals surface area contributed by atoms with Crippen molar-refractivity contribution >= 4 is 28.6 Å². The first-order chi connectivity index (χ1) is 12.2. The van der Waals surface area contributed by atoms with E-state index in [1.807, 2.05) is 48.5 Å². The van der Waals surface area contributed by atoms with Gasteiger partial charge in [0.1, 0.15) is 5.75 Å². The fraction of sp³-hybridized carbons (Fsp3) is 0.211. The molecule has 0 unspecified atom stereocenters. The molecule has 0 radical (unpaired) electrons. The predicted octanol–water partition coefficient (Wildman–Crippen LogP) is 4.76. The van der Waals surface area contributed by atoms with Gasteiger partial charge >= 0.3 is 0 Å². The summed E-state index contributed by atoms with van der Waals surface area (Å²) in [6, 6.07) is 15.7. The van der Waals surface area contributed by atoms with Crippen molar-refractivity contribution in [1.82, 2.24) is 4.57 Å². The molecule has 0 aliphatic rings. The molecule has 0 saturated heterocycles. The fourth-order valence-corrected chi connectivity index (χ4v) is 3.70. The second-order valence-electron chi connectivity index (χ2n) is 5.34. The third kappa shape index (κ3) is 4.12. The highest BCUT2D eigenvalue weighted by Gasteiger charge is 2.10. The SMILES string of the molecule is COCCn1c(-c2ccc(OC)c(Cl)c2)csc1=Nc1ccccc1. The Morgan fingerprint density at radius 1 is 1.12 bits per heavy atom. The number of ether oxygens (including phenoxy) is 2. The highest BCUT2D eigenvalue weighted by atomic mass is 35.5.